The number of aryl methyl sites for hydroxylation is 1. The maximum atomic E-state index is 12.4. The molecule has 1 saturated heterocycles. The fourth-order valence-corrected chi connectivity index (χ4v) is 2.72. The van der Waals surface area contributed by atoms with Crippen molar-refractivity contribution >= 4 is 35.3 Å². The van der Waals surface area contributed by atoms with Crippen molar-refractivity contribution in [2.75, 3.05) is 18.4 Å². The van der Waals surface area contributed by atoms with Crippen LogP contribution in [0.3, 0.4) is 0 Å². The van der Waals surface area contributed by atoms with Crippen LogP contribution in [0.15, 0.2) is 24.3 Å². The number of rotatable bonds is 5. The molecule has 2 N–H and O–H groups in total. The van der Waals surface area contributed by atoms with Crippen molar-refractivity contribution in [3.63, 3.8) is 0 Å². The molecule has 1 amide bonds. The number of carbonyl (C=O) groups is 1. The van der Waals surface area contributed by atoms with Crippen LogP contribution in [0.2, 0.25) is 0 Å². The largest absolute Gasteiger partial charge is 0.316 e. The minimum atomic E-state index is 0. The molecule has 1 unspecified atom stereocenters. The molecule has 1 aromatic heterocycles. The smallest absolute Gasteiger partial charge is 0.229 e. The summed E-state index contributed by atoms with van der Waals surface area (Å²) in [5.74, 6) is 1.19. The van der Waals surface area contributed by atoms with Crippen LogP contribution < -0.4 is 10.6 Å². The van der Waals surface area contributed by atoms with Gasteiger partial charge in [0.1, 0.15) is 0 Å². The number of aromatic nitrogens is 2. The molecule has 120 valence electrons. The van der Waals surface area contributed by atoms with Gasteiger partial charge in [0.2, 0.25) is 11.9 Å². The monoisotopic (exact) mass is 322 g/mol. The third-order valence-electron chi connectivity index (χ3n) is 4.27. The Kier molecular flexibility index (Phi) is 5.42. The summed E-state index contributed by atoms with van der Waals surface area (Å²) in [6.45, 7) is 6.84. The number of amides is 1. The molecule has 22 heavy (non-hydrogen) atoms. The molecule has 2 aromatic rings. The highest BCUT2D eigenvalue weighted by Gasteiger charge is 2.29. The van der Waals surface area contributed by atoms with Gasteiger partial charge in [-0.05, 0) is 37.6 Å². The van der Waals surface area contributed by atoms with Gasteiger partial charge in [-0.2, -0.15) is 0 Å². The zero-order valence-corrected chi connectivity index (χ0v) is 13.8. The van der Waals surface area contributed by atoms with Gasteiger partial charge in [0.15, 0.2) is 0 Å². The van der Waals surface area contributed by atoms with Gasteiger partial charge in [0.25, 0.3) is 0 Å². The predicted molar refractivity (Wildman–Crippen MR) is 91.4 cm³/mol. The minimum Gasteiger partial charge on any atom is -0.316 e. The summed E-state index contributed by atoms with van der Waals surface area (Å²) in [6, 6.07) is 8.01. The topological polar surface area (TPSA) is 59.0 Å². The highest BCUT2D eigenvalue weighted by Crippen LogP contribution is 2.22. The lowest BCUT2D eigenvalue weighted by atomic mass is 9.88. The van der Waals surface area contributed by atoms with E-state index in [0.29, 0.717) is 11.9 Å². The van der Waals surface area contributed by atoms with Crippen LogP contribution in [0, 0.1) is 11.8 Å². The van der Waals surface area contributed by atoms with Crippen molar-refractivity contribution in [3.05, 3.63) is 24.3 Å². The molecular formula is C16H23ClN4O. The van der Waals surface area contributed by atoms with Gasteiger partial charge in [-0.25, -0.2) is 4.98 Å². The van der Waals surface area contributed by atoms with Crippen molar-refractivity contribution in [1.82, 2.24) is 14.9 Å². The van der Waals surface area contributed by atoms with Gasteiger partial charge in [-0.3, -0.25) is 10.1 Å². The van der Waals surface area contributed by atoms with Gasteiger partial charge >= 0.3 is 0 Å². The maximum Gasteiger partial charge on any atom is 0.229 e. The fraction of sp³-hybridized carbons (Fsp3) is 0.500. The molecule has 5 nitrogen and oxygen atoms in total. The molecule has 1 atom stereocenters. The lowest BCUT2D eigenvalue weighted by Gasteiger charge is -2.31. The molecule has 0 saturated carbocycles. The molecule has 3 rings (SSSR count). The molecule has 2 heterocycles. The number of benzene rings is 1. The Morgan fingerprint density at radius 1 is 1.45 bits per heavy atom. The first-order valence-electron chi connectivity index (χ1n) is 7.67. The van der Waals surface area contributed by atoms with E-state index in [-0.39, 0.29) is 24.2 Å². The zero-order valence-electron chi connectivity index (χ0n) is 13.0. The van der Waals surface area contributed by atoms with Crippen LogP contribution in [-0.4, -0.2) is 28.5 Å². The number of para-hydroxylation sites is 2. The number of carbonyl (C=O) groups excluding carboxylic acids is 1. The maximum absolute atomic E-state index is 12.4. The number of hydrogen-bond acceptors (Lipinski definition) is 3. The van der Waals surface area contributed by atoms with E-state index in [2.05, 4.69) is 27.1 Å². The second-order valence-electron chi connectivity index (χ2n) is 5.77. The number of nitrogens with one attached hydrogen (secondary N) is 2. The number of anilines is 1. The van der Waals surface area contributed by atoms with E-state index >= 15 is 0 Å². The Morgan fingerprint density at radius 3 is 2.82 bits per heavy atom. The summed E-state index contributed by atoms with van der Waals surface area (Å²) >= 11 is 0. The molecule has 0 spiro atoms. The summed E-state index contributed by atoms with van der Waals surface area (Å²) in [6.07, 6.45) is 1.01. The van der Waals surface area contributed by atoms with Crippen molar-refractivity contribution in [3.8, 4) is 0 Å². The summed E-state index contributed by atoms with van der Waals surface area (Å²) in [7, 11) is 0. The highest BCUT2D eigenvalue weighted by molar-refractivity contribution is 5.93. The quantitative estimate of drug-likeness (QED) is 0.889. The van der Waals surface area contributed by atoms with Crippen molar-refractivity contribution < 1.29 is 4.79 Å². The van der Waals surface area contributed by atoms with Crippen LogP contribution in [0.1, 0.15) is 20.3 Å². The van der Waals surface area contributed by atoms with Crippen LogP contribution >= 0.6 is 12.4 Å². The lowest BCUT2D eigenvalue weighted by molar-refractivity contribution is -0.121. The molecule has 0 aliphatic carbocycles. The molecule has 1 aliphatic heterocycles. The minimum absolute atomic E-state index is 0. The lowest BCUT2D eigenvalue weighted by Crippen LogP contribution is -2.48. The van der Waals surface area contributed by atoms with E-state index in [1.165, 1.54) is 0 Å². The first kappa shape index (κ1) is 16.8. The van der Waals surface area contributed by atoms with E-state index in [1.807, 2.05) is 31.2 Å². The van der Waals surface area contributed by atoms with E-state index in [1.54, 1.807) is 0 Å². The second kappa shape index (κ2) is 7.11. The van der Waals surface area contributed by atoms with Crippen LogP contribution in [0.4, 0.5) is 5.95 Å². The normalized spacial score (nSPS) is 15.9. The highest BCUT2D eigenvalue weighted by atomic mass is 35.5. The van der Waals surface area contributed by atoms with Crippen LogP contribution in [0.5, 0.6) is 0 Å². The Morgan fingerprint density at radius 2 is 2.18 bits per heavy atom. The summed E-state index contributed by atoms with van der Waals surface area (Å²) < 4.78 is 2.10. The SMILES string of the molecule is CCCn1c(NC(=O)C(C)C2CNC2)nc2ccccc21.Cl. The first-order valence-corrected chi connectivity index (χ1v) is 7.67. The number of nitrogens with zero attached hydrogens (tertiary/aromatic N) is 2. The van der Waals surface area contributed by atoms with E-state index in [4.69, 9.17) is 0 Å². The summed E-state index contributed by atoms with van der Waals surface area (Å²) in [5, 5.41) is 6.23. The van der Waals surface area contributed by atoms with Crippen molar-refractivity contribution in [2.45, 2.75) is 26.8 Å². The average Bonchev–Trinajstić information content (AvgIpc) is 2.75. The van der Waals surface area contributed by atoms with Crippen LogP contribution in [-0.2, 0) is 11.3 Å². The molecule has 1 aliphatic rings. The van der Waals surface area contributed by atoms with E-state index < -0.39 is 0 Å². The summed E-state index contributed by atoms with van der Waals surface area (Å²) in [5.41, 5.74) is 2.01. The molecule has 6 heteroatoms. The van der Waals surface area contributed by atoms with Gasteiger partial charge in [-0.1, -0.05) is 26.0 Å². The third kappa shape index (κ3) is 3.10. The molecular weight excluding hydrogens is 300 g/mol. The predicted octanol–water partition coefficient (Wildman–Crippen LogP) is 2.66. The van der Waals surface area contributed by atoms with E-state index in [0.717, 1.165) is 37.1 Å². The molecule has 0 radical (unpaired) electrons. The summed E-state index contributed by atoms with van der Waals surface area (Å²) in [4.78, 5) is 17.0. The van der Waals surface area contributed by atoms with Gasteiger partial charge in [-0.15, -0.1) is 12.4 Å². The molecule has 0 bridgehead atoms. The zero-order chi connectivity index (χ0) is 14.8. The average molecular weight is 323 g/mol. The van der Waals surface area contributed by atoms with Gasteiger partial charge in [0.05, 0.1) is 11.0 Å². The Hall–Kier alpha value is -1.59. The van der Waals surface area contributed by atoms with Gasteiger partial charge in [0, 0.05) is 12.5 Å². The number of fused-ring (bicyclic) bond motifs is 1. The molecule has 1 fully saturated rings. The van der Waals surface area contributed by atoms with Crippen molar-refractivity contribution in [1.29, 1.82) is 0 Å². The van der Waals surface area contributed by atoms with Gasteiger partial charge < -0.3 is 9.88 Å². The fourth-order valence-electron chi connectivity index (χ4n) is 2.72. The first-order chi connectivity index (χ1) is 10.2. The Balaban J connectivity index is 0.00000176. The third-order valence-corrected chi connectivity index (χ3v) is 4.27. The molecule has 1 aromatic carbocycles. The number of imidazole rings is 1. The number of hydrogen-bond donors (Lipinski definition) is 2. The number of halogens is 1. The van der Waals surface area contributed by atoms with Crippen LogP contribution in [0.25, 0.3) is 11.0 Å². The standard InChI is InChI=1S/C16H22N4O.ClH/c1-3-8-20-14-7-5-4-6-13(14)18-16(20)19-15(21)11(2)12-9-17-10-12;/h4-7,11-12,17H,3,8-10H2,1-2H3,(H,18,19,21);1H. The Bertz CT molecular complexity index is 651. The van der Waals surface area contributed by atoms with Crippen molar-refractivity contribution in [2.24, 2.45) is 11.8 Å². The Labute approximate surface area is 136 Å². The van der Waals surface area contributed by atoms with E-state index in [9.17, 15) is 4.79 Å². The second-order valence-corrected chi connectivity index (χ2v) is 5.77.